The molecule has 9 nitrogen and oxygen atoms in total. The minimum Gasteiger partial charge on any atom is -0.373 e. The highest BCUT2D eigenvalue weighted by Gasteiger charge is 2.26. The van der Waals surface area contributed by atoms with E-state index in [1.165, 1.54) is 12.4 Å². The van der Waals surface area contributed by atoms with Crippen LogP contribution in [0.5, 0.6) is 0 Å². The van der Waals surface area contributed by atoms with Crippen molar-refractivity contribution in [1.82, 2.24) is 15.3 Å². The van der Waals surface area contributed by atoms with E-state index in [1.54, 1.807) is 0 Å². The molecule has 1 amide bonds. The Bertz CT molecular complexity index is 732. The molecule has 2 aromatic rings. The van der Waals surface area contributed by atoms with Crippen molar-refractivity contribution in [2.45, 2.75) is 6.23 Å². The Morgan fingerprint density at radius 2 is 1.96 bits per heavy atom. The molecule has 0 bridgehead atoms. The van der Waals surface area contributed by atoms with Crippen LogP contribution in [-0.2, 0) is 9.47 Å². The van der Waals surface area contributed by atoms with Crippen LogP contribution in [0.1, 0.15) is 10.4 Å². The number of hydrogen-bond donors (Lipinski definition) is 2. The van der Waals surface area contributed by atoms with Crippen molar-refractivity contribution >= 4 is 23.7 Å². The average molecular weight is 343 g/mol. The zero-order valence-electron chi connectivity index (χ0n) is 13.3. The molecule has 1 atom stereocenters. The van der Waals surface area contributed by atoms with Gasteiger partial charge in [0.2, 0.25) is 5.95 Å². The number of nitrogens with one attached hydrogen (secondary N) is 1. The number of carbonyl (C=O) groups excluding carboxylic acids is 2. The van der Waals surface area contributed by atoms with E-state index in [9.17, 15) is 9.59 Å². The largest absolute Gasteiger partial charge is 0.412 e. The molecule has 25 heavy (non-hydrogen) atoms. The SMILES string of the molecule is NC(=O)OC(=O)c1cnc(N(c2ccccc2)C2CNCCO2)nc1. The number of nitrogens with zero attached hydrogens (tertiary/aromatic N) is 3. The molecule has 1 aromatic carbocycles. The van der Waals surface area contributed by atoms with Gasteiger partial charge in [-0.3, -0.25) is 4.90 Å². The lowest BCUT2D eigenvalue weighted by Gasteiger charge is -2.34. The number of ether oxygens (including phenoxy) is 2. The Morgan fingerprint density at radius 3 is 2.56 bits per heavy atom. The smallest absolute Gasteiger partial charge is 0.373 e. The molecule has 1 aliphatic heterocycles. The molecule has 0 radical (unpaired) electrons. The lowest BCUT2D eigenvalue weighted by Crippen LogP contribution is -2.48. The molecule has 9 heteroatoms. The average Bonchev–Trinajstić information content (AvgIpc) is 2.64. The minimum absolute atomic E-state index is 0.0262. The number of amides is 1. The molecular formula is C16H17N5O4. The normalized spacial score (nSPS) is 16.9. The Kier molecular flexibility index (Phi) is 5.17. The summed E-state index contributed by atoms with van der Waals surface area (Å²) in [6, 6.07) is 9.53. The van der Waals surface area contributed by atoms with Gasteiger partial charge < -0.3 is 20.5 Å². The van der Waals surface area contributed by atoms with E-state index >= 15 is 0 Å². The first-order chi connectivity index (χ1) is 12.1. The number of nitrogens with two attached hydrogens (primary N) is 1. The second-order valence-electron chi connectivity index (χ2n) is 5.22. The lowest BCUT2D eigenvalue weighted by atomic mass is 10.2. The Hall–Kier alpha value is -3.04. The van der Waals surface area contributed by atoms with Crippen molar-refractivity contribution < 1.29 is 19.1 Å². The summed E-state index contributed by atoms with van der Waals surface area (Å²) < 4.78 is 10.1. The van der Waals surface area contributed by atoms with E-state index in [-0.39, 0.29) is 11.8 Å². The van der Waals surface area contributed by atoms with Crippen LogP contribution >= 0.6 is 0 Å². The number of esters is 1. The van der Waals surface area contributed by atoms with Gasteiger partial charge in [0.25, 0.3) is 0 Å². The second kappa shape index (κ2) is 7.69. The standard InChI is InChI=1S/C16H17N5O4/c17-15(23)25-14(22)11-8-19-16(20-9-11)21(12-4-2-1-3-5-12)13-10-18-6-7-24-13/h1-5,8-9,13,18H,6-7,10H2,(H2,17,23). The van der Waals surface area contributed by atoms with Crippen molar-refractivity contribution in [3.8, 4) is 0 Å². The Balaban J connectivity index is 1.88. The summed E-state index contributed by atoms with van der Waals surface area (Å²) in [4.78, 5) is 32.6. The molecule has 1 aliphatic rings. The topological polar surface area (TPSA) is 120 Å². The van der Waals surface area contributed by atoms with E-state index in [1.807, 2.05) is 35.2 Å². The fourth-order valence-electron chi connectivity index (χ4n) is 2.42. The molecule has 1 fully saturated rings. The third-order valence-electron chi connectivity index (χ3n) is 3.51. The molecule has 0 aliphatic carbocycles. The predicted molar refractivity (Wildman–Crippen MR) is 88.2 cm³/mol. The first-order valence-electron chi connectivity index (χ1n) is 7.65. The number of primary amides is 1. The maximum absolute atomic E-state index is 11.7. The van der Waals surface area contributed by atoms with Crippen LogP contribution in [0.25, 0.3) is 0 Å². The third kappa shape index (κ3) is 4.08. The summed E-state index contributed by atoms with van der Waals surface area (Å²) in [5.41, 5.74) is 5.70. The van der Waals surface area contributed by atoms with Crippen LogP contribution in [0.4, 0.5) is 16.4 Å². The lowest BCUT2D eigenvalue weighted by molar-refractivity contribution is 0.0324. The molecular weight excluding hydrogens is 326 g/mol. The van der Waals surface area contributed by atoms with Gasteiger partial charge in [-0.1, -0.05) is 18.2 Å². The van der Waals surface area contributed by atoms with Gasteiger partial charge in [0.15, 0.2) is 0 Å². The number of para-hydroxylation sites is 1. The molecule has 0 saturated carbocycles. The predicted octanol–water partition coefficient (Wildman–Crippen LogP) is 0.796. The highest BCUT2D eigenvalue weighted by molar-refractivity contribution is 5.95. The van der Waals surface area contributed by atoms with Gasteiger partial charge in [0, 0.05) is 31.2 Å². The van der Waals surface area contributed by atoms with Gasteiger partial charge in [-0.15, -0.1) is 0 Å². The number of aromatic nitrogens is 2. The van der Waals surface area contributed by atoms with Crippen LogP contribution < -0.4 is 16.0 Å². The van der Waals surface area contributed by atoms with E-state index < -0.39 is 12.1 Å². The zero-order chi connectivity index (χ0) is 17.6. The van der Waals surface area contributed by atoms with Crippen LogP contribution in [0.15, 0.2) is 42.7 Å². The van der Waals surface area contributed by atoms with Crippen molar-refractivity contribution in [3.05, 3.63) is 48.3 Å². The summed E-state index contributed by atoms with van der Waals surface area (Å²) in [5, 5.41) is 3.26. The number of carbonyl (C=O) groups is 2. The minimum atomic E-state index is -1.18. The van der Waals surface area contributed by atoms with Gasteiger partial charge in [-0.05, 0) is 12.1 Å². The zero-order valence-corrected chi connectivity index (χ0v) is 13.3. The first kappa shape index (κ1) is 16.8. The highest BCUT2D eigenvalue weighted by Crippen LogP contribution is 2.25. The first-order valence-corrected chi connectivity index (χ1v) is 7.65. The molecule has 0 spiro atoms. The summed E-state index contributed by atoms with van der Waals surface area (Å²) in [6.45, 7) is 1.94. The molecule has 2 heterocycles. The molecule has 1 saturated heterocycles. The van der Waals surface area contributed by atoms with Crippen LogP contribution in [0.3, 0.4) is 0 Å². The molecule has 3 rings (SSSR count). The van der Waals surface area contributed by atoms with Crippen molar-refractivity contribution in [3.63, 3.8) is 0 Å². The van der Waals surface area contributed by atoms with Crippen molar-refractivity contribution in [1.29, 1.82) is 0 Å². The number of benzene rings is 1. The van der Waals surface area contributed by atoms with Crippen LogP contribution in [0, 0.1) is 0 Å². The fraction of sp³-hybridized carbons (Fsp3) is 0.250. The number of hydrogen-bond acceptors (Lipinski definition) is 8. The third-order valence-corrected chi connectivity index (χ3v) is 3.51. The van der Waals surface area contributed by atoms with E-state index in [0.717, 1.165) is 12.2 Å². The van der Waals surface area contributed by atoms with Gasteiger partial charge in [0.1, 0.15) is 6.23 Å². The maximum Gasteiger partial charge on any atom is 0.412 e. The van der Waals surface area contributed by atoms with Gasteiger partial charge in [0.05, 0.1) is 12.2 Å². The summed E-state index contributed by atoms with van der Waals surface area (Å²) in [5.74, 6) is -0.545. The number of anilines is 2. The van der Waals surface area contributed by atoms with Crippen molar-refractivity contribution in [2.24, 2.45) is 5.73 Å². The Morgan fingerprint density at radius 1 is 1.24 bits per heavy atom. The molecule has 130 valence electrons. The molecule has 1 aromatic heterocycles. The highest BCUT2D eigenvalue weighted by atomic mass is 16.6. The monoisotopic (exact) mass is 343 g/mol. The Labute approximate surface area is 143 Å². The molecule has 3 N–H and O–H groups in total. The maximum atomic E-state index is 11.7. The van der Waals surface area contributed by atoms with Gasteiger partial charge in [-0.2, -0.15) is 0 Å². The van der Waals surface area contributed by atoms with Gasteiger partial charge >= 0.3 is 12.1 Å². The van der Waals surface area contributed by atoms with E-state index in [0.29, 0.717) is 19.1 Å². The fourth-order valence-corrected chi connectivity index (χ4v) is 2.42. The quantitative estimate of drug-likeness (QED) is 0.618. The van der Waals surface area contributed by atoms with Crippen LogP contribution in [0.2, 0.25) is 0 Å². The summed E-state index contributed by atoms with van der Waals surface area (Å²) >= 11 is 0. The van der Waals surface area contributed by atoms with E-state index in [4.69, 9.17) is 10.5 Å². The number of morpholine rings is 1. The van der Waals surface area contributed by atoms with E-state index in [2.05, 4.69) is 20.0 Å². The summed E-state index contributed by atoms with van der Waals surface area (Å²) in [6.07, 6.45) is 1.08. The molecule has 1 unspecified atom stereocenters. The summed E-state index contributed by atoms with van der Waals surface area (Å²) in [7, 11) is 0. The van der Waals surface area contributed by atoms with Gasteiger partial charge in [-0.25, -0.2) is 19.6 Å². The van der Waals surface area contributed by atoms with Crippen molar-refractivity contribution in [2.75, 3.05) is 24.6 Å². The number of rotatable bonds is 4. The second-order valence-corrected chi connectivity index (χ2v) is 5.22. The van der Waals surface area contributed by atoms with Crippen LogP contribution in [-0.4, -0.2) is 48.0 Å².